The summed E-state index contributed by atoms with van der Waals surface area (Å²) in [7, 11) is 1.28. The normalized spacial score (nSPS) is 24.0. The first-order valence-corrected chi connectivity index (χ1v) is 16.4. The van der Waals surface area contributed by atoms with Crippen LogP contribution in [-0.4, -0.2) is 57.7 Å². The van der Waals surface area contributed by atoms with Crippen molar-refractivity contribution in [3.8, 4) is 17.6 Å². The van der Waals surface area contributed by atoms with E-state index in [1.165, 1.54) is 13.2 Å². The molecule has 8 rings (SSSR count). The van der Waals surface area contributed by atoms with E-state index in [1.54, 1.807) is 18.3 Å². The summed E-state index contributed by atoms with van der Waals surface area (Å²) in [5.41, 5.74) is 2.41. The van der Waals surface area contributed by atoms with E-state index in [1.807, 2.05) is 29.7 Å². The zero-order chi connectivity index (χ0) is 32.5. The molecule has 3 atom stereocenters. The van der Waals surface area contributed by atoms with E-state index < -0.39 is 17.6 Å². The third-order valence-corrected chi connectivity index (χ3v) is 10.5. The highest BCUT2D eigenvalue weighted by atomic mass is 35.5. The Morgan fingerprint density at radius 3 is 2.70 bits per heavy atom. The van der Waals surface area contributed by atoms with Crippen LogP contribution in [-0.2, 0) is 23.6 Å². The van der Waals surface area contributed by atoms with Crippen LogP contribution in [0, 0.1) is 22.6 Å². The van der Waals surface area contributed by atoms with Gasteiger partial charge in [-0.15, -0.1) is 0 Å². The first-order chi connectivity index (χ1) is 22.7. The molecule has 0 amide bonds. The number of hydrogen-bond acceptors (Lipinski definition) is 9. The highest BCUT2D eigenvalue weighted by Gasteiger charge is 2.48. The Bertz CT molecular complexity index is 1940. The lowest BCUT2D eigenvalue weighted by molar-refractivity contribution is -0.0717. The fraction of sp³-hybridized carbons (Fsp3) is 0.429. The van der Waals surface area contributed by atoms with Crippen molar-refractivity contribution < 1.29 is 23.4 Å². The van der Waals surface area contributed by atoms with Crippen LogP contribution in [0.1, 0.15) is 60.9 Å². The number of imidazole rings is 1. The van der Waals surface area contributed by atoms with Crippen molar-refractivity contribution in [1.82, 2.24) is 19.4 Å². The summed E-state index contributed by atoms with van der Waals surface area (Å²) < 4.78 is 35.2. The van der Waals surface area contributed by atoms with Gasteiger partial charge in [0.2, 0.25) is 0 Å². The van der Waals surface area contributed by atoms with Gasteiger partial charge in [0, 0.05) is 56.7 Å². The molecule has 0 spiro atoms. The number of esters is 1. The summed E-state index contributed by atoms with van der Waals surface area (Å²) in [4.78, 5) is 26.5. The van der Waals surface area contributed by atoms with Crippen LogP contribution in [0.2, 0.25) is 5.02 Å². The predicted octanol–water partition coefficient (Wildman–Crippen LogP) is 6.20. The molecule has 1 saturated heterocycles. The number of halogens is 2. The van der Waals surface area contributed by atoms with E-state index in [9.17, 15) is 10.1 Å². The Balaban J connectivity index is 1.07. The van der Waals surface area contributed by atoms with Crippen molar-refractivity contribution in [2.75, 3.05) is 25.1 Å². The molecule has 0 radical (unpaired) electrons. The van der Waals surface area contributed by atoms with E-state index in [4.69, 9.17) is 30.8 Å². The summed E-state index contributed by atoms with van der Waals surface area (Å²) >= 11 is 6.08. The minimum absolute atomic E-state index is 0.146. The second-order valence-corrected chi connectivity index (χ2v) is 13.7. The van der Waals surface area contributed by atoms with Gasteiger partial charge in [0.15, 0.2) is 17.3 Å². The predicted molar refractivity (Wildman–Crippen MR) is 172 cm³/mol. The molecule has 10 nitrogen and oxygen atoms in total. The van der Waals surface area contributed by atoms with Crippen molar-refractivity contribution in [2.24, 2.45) is 5.41 Å². The molecule has 2 saturated carbocycles. The number of carbonyl (C=O) groups excluding carboxylic acids is 1. The fourth-order valence-corrected chi connectivity index (χ4v) is 7.53. The molecule has 2 aliphatic heterocycles. The van der Waals surface area contributed by atoms with E-state index in [0.29, 0.717) is 47.2 Å². The van der Waals surface area contributed by atoms with E-state index in [2.05, 4.69) is 26.9 Å². The molecule has 12 heteroatoms. The first kappa shape index (κ1) is 30.0. The maximum Gasteiger partial charge on any atom is 0.338 e. The zero-order valence-corrected chi connectivity index (χ0v) is 27.0. The van der Waals surface area contributed by atoms with Gasteiger partial charge >= 0.3 is 5.97 Å². The number of benzene rings is 2. The largest absolute Gasteiger partial charge is 0.465 e. The molecule has 2 aliphatic carbocycles. The Labute approximate surface area is 276 Å². The van der Waals surface area contributed by atoms with Crippen molar-refractivity contribution in [3.05, 3.63) is 76.6 Å². The maximum atomic E-state index is 15.4. The van der Waals surface area contributed by atoms with Gasteiger partial charge in [0.25, 0.3) is 5.79 Å². The van der Waals surface area contributed by atoms with Gasteiger partial charge in [-0.05, 0) is 62.1 Å². The molecule has 2 aromatic carbocycles. The zero-order valence-electron chi connectivity index (χ0n) is 26.2. The summed E-state index contributed by atoms with van der Waals surface area (Å²) in [6, 6.07) is 15.3. The molecule has 0 bridgehead atoms. The standard InChI is InChI=1S/C35H34ClFN6O4/c1-34(29-9-6-22(36)18-39-29)46-28-5-3-4-26(32(28)47-34)42-15-14-41(24-7-8-25(24)42)19-30-40-31-23(37)16-21(33(44)45-2)17-27(31)43(30)20-35(10-11-35)12-13-38/h3-6,9,16-18,24-25H,7-8,10-12,14-15,19-20H2,1-2H3/t24-,25-,34?/m0/s1. The van der Waals surface area contributed by atoms with Crippen molar-refractivity contribution in [3.63, 3.8) is 0 Å². The number of nitrogens with zero attached hydrogens (tertiary/aromatic N) is 6. The molecule has 242 valence electrons. The van der Waals surface area contributed by atoms with Gasteiger partial charge in [-0.1, -0.05) is 17.7 Å². The van der Waals surface area contributed by atoms with Crippen LogP contribution in [0.5, 0.6) is 11.5 Å². The van der Waals surface area contributed by atoms with Gasteiger partial charge < -0.3 is 23.7 Å². The number of pyridine rings is 1. The fourth-order valence-electron chi connectivity index (χ4n) is 7.42. The monoisotopic (exact) mass is 656 g/mol. The first-order valence-electron chi connectivity index (χ1n) is 16.0. The number of aromatic nitrogens is 3. The van der Waals surface area contributed by atoms with Gasteiger partial charge in [0.1, 0.15) is 17.0 Å². The van der Waals surface area contributed by atoms with Crippen LogP contribution in [0.15, 0.2) is 48.7 Å². The molecular weight excluding hydrogens is 623 g/mol. The minimum Gasteiger partial charge on any atom is -0.465 e. The summed E-state index contributed by atoms with van der Waals surface area (Å²) in [5.74, 6) is -0.104. The molecule has 0 N–H and O–H groups in total. The number of carbonyl (C=O) groups is 1. The average Bonchev–Trinajstić information content (AvgIpc) is 3.58. The SMILES string of the molecule is COC(=O)c1cc(F)c2nc(CN3CCN(c4cccc5c4OC(C)(c4ccc(Cl)cn4)O5)[C@H]4CC[C@@H]43)n(CC3(CC#N)CC3)c2c1. The maximum absolute atomic E-state index is 15.4. The van der Waals surface area contributed by atoms with Crippen LogP contribution in [0.25, 0.3) is 11.0 Å². The number of piperazine rings is 1. The van der Waals surface area contributed by atoms with E-state index >= 15 is 4.39 Å². The summed E-state index contributed by atoms with van der Waals surface area (Å²) in [6.07, 6.45) is 5.94. The second kappa shape index (κ2) is 11.1. The number of methoxy groups -OCH3 is 1. The van der Waals surface area contributed by atoms with Gasteiger partial charge in [-0.3, -0.25) is 9.88 Å². The molecule has 2 aromatic heterocycles. The molecule has 47 heavy (non-hydrogen) atoms. The molecular formula is C35H34ClFN6O4. The third-order valence-electron chi connectivity index (χ3n) is 10.3. The van der Waals surface area contributed by atoms with Crippen LogP contribution >= 0.6 is 11.6 Å². The second-order valence-electron chi connectivity index (χ2n) is 13.3. The molecule has 3 fully saturated rings. The molecule has 4 aliphatic rings. The van der Waals surface area contributed by atoms with Gasteiger partial charge in [-0.2, -0.15) is 5.26 Å². The smallest absolute Gasteiger partial charge is 0.338 e. The Hall–Kier alpha value is -4.40. The lowest BCUT2D eigenvalue weighted by Gasteiger charge is -2.54. The van der Waals surface area contributed by atoms with Crippen LogP contribution in [0.3, 0.4) is 0 Å². The van der Waals surface area contributed by atoms with Crippen LogP contribution in [0.4, 0.5) is 10.1 Å². The molecule has 4 heterocycles. The lowest BCUT2D eigenvalue weighted by atomic mass is 9.81. The van der Waals surface area contributed by atoms with Crippen molar-refractivity contribution >= 4 is 34.3 Å². The average molecular weight is 657 g/mol. The van der Waals surface area contributed by atoms with Crippen LogP contribution < -0.4 is 14.4 Å². The van der Waals surface area contributed by atoms with Crippen molar-refractivity contribution in [2.45, 2.75) is 70.0 Å². The third kappa shape index (κ3) is 5.06. The summed E-state index contributed by atoms with van der Waals surface area (Å²) in [6.45, 7) is 4.48. The minimum atomic E-state index is -1.07. The summed E-state index contributed by atoms with van der Waals surface area (Å²) in [5, 5.41) is 10.1. The lowest BCUT2D eigenvalue weighted by Crippen LogP contribution is -2.64. The quantitative estimate of drug-likeness (QED) is 0.205. The number of fused-ring (bicyclic) bond motifs is 3. The topological polar surface area (TPSA) is 106 Å². The van der Waals surface area contributed by atoms with Crippen molar-refractivity contribution in [1.29, 1.82) is 5.26 Å². The number of para-hydroxylation sites is 1. The number of nitriles is 1. The van der Waals surface area contributed by atoms with Gasteiger partial charge in [-0.25, -0.2) is 14.2 Å². The Kier molecular flexibility index (Phi) is 7.08. The van der Waals surface area contributed by atoms with E-state index in [-0.39, 0.29) is 28.6 Å². The van der Waals surface area contributed by atoms with E-state index in [0.717, 1.165) is 50.3 Å². The molecule has 1 unspecified atom stereocenters. The highest BCUT2D eigenvalue weighted by Crippen LogP contribution is 2.52. The number of hydrogen-bond donors (Lipinski definition) is 0. The highest BCUT2D eigenvalue weighted by molar-refractivity contribution is 6.30. The number of anilines is 1. The molecule has 4 aromatic rings. The Morgan fingerprint density at radius 2 is 2.00 bits per heavy atom. The Morgan fingerprint density at radius 1 is 1.17 bits per heavy atom. The number of rotatable bonds is 8. The number of ether oxygens (including phenoxy) is 3. The van der Waals surface area contributed by atoms with Gasteiger partial charge in [0.05, 0.1) is 41.5 Å².